The molecule has 0 heterocycles. The highest BCUT2D eigenvalue weighted by Crippen LogP contribution is 2.44. The summed E-state index contributed by atoms with van der Waals surface area (Å²) >= 11 is 0. The Morgan fingerprint density at radius 3 is 2.10 bits per heavy atom. The number of benzene rings is 3. The fraction of sp³-hybridized carbons (Fsp3) is 0.290. The number of carbonyl (C=O) groups excluding carboxylic acids is 3. The molecule has 0 aliphatic heterocycles. The summed E-state index contributed by atoms with van der Waals surface area (Å²) in [5.74, 6) is -3.02. The van der Waals surface area contributed by atoms with Gasteiger partial charge in [-0.25, -0.2) is 4.79 Å². The van der Waals surface area contributed by atoms with Crippen molar-refractivity contribution in [3.63, 3.8) is 0 Å². The highest BCUT2D eigenvalue weighted by molar-refractivity contribution is 5.89. The first-order chi connectivity index (χ1) is 19.4. The molecule has 0 unspecified atom stereocenters. The van der Waals surface area contributed by atoms with Gasteiger partial charge in [0.1, 0.15) is 19.3 Å². The van der Waals surface area contributed by atoms with Crippen LogP contribution in [-0.4, -0.2) is 48.2 Å². The number of carbonyl (C=O) groups is 4. The lowest BCUT2D eigenvalue weighted by Gasteiger charge is -2.19. The molecule has 3 N–H and O–H groups in total. The van der Waals surface area contributed by atoms with E-state index in [9.17, 15) is 19.2 Å². The van der Waals surface area contributed by atoms with Crippen LogP contribution in [0, 0.1) is 11.8 Å². The number of alkyl carbamates (subject to hydrolysis) is 1. The van der Waals surface area contributed by atoms with Crippen molar-refractivity contribution in [3.8, 4) is 11.1 Å². The zero-order chi connectivity index (χ0) is 28.1. The average molecular weight is 543 g/mol. The summed E-state index contributed by atoms with van der Waals surface area (Å²) in [6.45, 7) is 0.216. The number of fused-ring (bicyclic) bond motifs is 3. The molecule has 2 aliphatic carbocycles. The summed E-state index contributed by atoms with van der Waals surface area (Å²) in [7, 11) is 0. The predicted octanol–water partition coefficient (Wildman–Crippen LogP) is 3.86. The van der Waals surface area contributed by atoms with Crippen LogP contribution in [0.5, 0.6) is 0 Å². The van der Waals surface area contributed by atoms with Crippen molar-refractivity contribution in [2.24, 2.45) is 11.8 Å². The molecule has 0 saturated heterocycles. The normalized spacial score (nSPS) is 17.6. The monoisotopic (exact) mass is 542 g/mol. The van der Waals surface area contributed by atoms with Crippen molar-refractivity contribution in [2.75, 3.05) is 13.2 Å². The van der Waals surface area contributed by atoms with E-state index < -0.39 is 42.3 Å². The second-order valence-electron chi connectivity index (χ2n) is 10.1. The van der Waals surface area contributed by atoms with Crippen molar-refractivity contribution in [1.29, 1.82) is 0 Å². The number of carboxylic acid groups (broad SMARTS) is 1. The first-order valence-electron chi connectivity index (χ1n) is 13.2. The van der Waals surface area contributed by atoms with Gasteiger partial charge in [0.25, 0.3) is 0 Å². The Morgan fingerprint density at radius 2 is 1.48 bits per heavy atom. The molecule has 1 fully saturated rings. The van der Waals surface area contributed by atoms with Crippen molar-refractivity contribution in [2.45, 2.75) is 31.4 Å². The van der Waals surface area contributed by atoms with Crippen LogP contribution in [0.3, 0.4) is 0 Å². The van der Waals surface area contributed by atoms with Gasteiger partial charge >= 0.3 is 18.0 Å². The van der Waals surface area contributed by atoms with Crippen LogP contribution in [0.1, 0.15) is 35.4 Å². The first kappa shape index (κ1) is 26.9. The SMILES string of the molecule is O=C(C[C@H](NC(=O)OCC1c2ccccc2-c2ccccc21)C(=O)NC[C@@H]1C[C@@H]1C(=O)O)OCc1ccccc1. The Hall–Kier alpha value is -4.66. The van der Waals surface area contributed by atoms with Crippen molar-refractivity contribution >= 4 is 23.9 Å². The topological polar surface area (TPSA) is 131 Å². The lowest BCUT2D eigenvalue weighted by molar-refractivity contribution is -0.147. The second-order valence-corrected chi connectivity index (χ2v) is 10.1. The second kappa shape index (κ2) is 12.0. The minimum atomic E-state index is -1.25. The van der Waals surface area contributed by atoms with E-state index in [0.29, 0.717) is 6.42 Å². The van der Waals surface area contributed by atoms with E-state index in [2.05, 4.69) is 10.6 Å². The summed E-state index contributed by atoms with van der Waals surface area (Å²) in [5.41, 5.74) is 5.06. The summed E-state index contributed by atoms with van der Waals surface area (Å²) in [6.07, 6.45) is -0.776. The number of ether oxygens (including phenoxy) is 2. The molecule has 0 aromatic heterocycles. The van der Waals surface area contributed by atoms with Crippen LogP contribution in [0.25, 0.3) is 11.1 Å². The summed E-state index contributed by atoms with van der Waals surface area (Å²) in [4.78, 5) is 49.5. The minimum absolute atomic E-state index is 0.0291. The molecule has 40 heavy (non-hydrogen) atoms. The maximum Gasteiger partial charge on any atom is 0.407 e. The summed E-state index contributed by atoms with van der Waals surface area (Å²) in [5, 5.41) is 14.3. The number of carboxylic acids is 1. The lowest BCUT2D eigenvalue weighted by Crippen LogP contribution is -2.48. The molecule has 5 rings (SSSR count). The highest BCUT2D eigenvalue weighted by atomic mass is 16.5. The smallest absolute Gasteiger partial charge is 0.407 e. The first-order valence-corrected chi connectivity index (χ1v) is 13.2. The van der Waals surface area contributed by atoms with Gasteiger partial charge in [0.15, 0.2) is 0 Å². The molecule has 2 amide bonds. The molecule has 0 spiro atoms. The van der Waals surface area contributed by atoms with E-state index in [1.54, 1.807) is 12.1 Å². The molecular weight excluding hydrogens is 512 g/mol. The van der Waals surface area contributed by atoms with Crippen LogP contribution in [0.2, 0.25) is 0 Å². The number of aliphatic carboxylic acids is 1. The van der Waals surface area contributed by atoms with Crippen LogP contribution in [0.4, 0.5) is 4.79 Å². The average Bonchev–Trinajstić information content (AvgIpc) is 3.69. The molecule has 9 heteroatoms. The quantitative estimate of drug-likeness (QED) is 0.314. The number of hydrogen-bond donors (Lipinski definition) is 3. The summed E-state index contributed by atoms with van der Waals surface area (Å²) < 4.78 is 10.9. The van der Waals surface area contributed by atoms with Gasteiger partial charge in [-0.05, 0) is 40.2 Å². The van der Waals surface area contributed by atoms with Gasteiger partial charge in [-0.1, -0.05) is 78.9 Å². The number of nitrogens with one attached hydrogen (secondary N) is 2. The number of rotatable bonds is 11. The molecule has 206 valence electrons. The molecular formula is C31H30N2O7. The molecule has 1 saturated carbocycles. The van der Waals surface area contributed by atoms with Crippen LogP contribution in [0.15, 0.2) is 78.9 Å². The van der Waals surface area contributed by atoms with E-state index in [1.165, 1.54) is 0 Å². The minimum Gasteiger partial charge on any atom is -0.481 e. The highest BCUT2D eigenvalue weighted by Gasteiger charge is 2.43. The zero-order valence-electron chi connectivity index (χ0n) is 21.7. The Bertz CT molecular complexity index is 1360. The van der Waals surface area contributed by atoms with Gasteiger partial charge in [0.05, 0.1) is 12.3 Å². The van der Waals surface area contributed by atoms with E-state index in [0.717, 1.165) is 27.8 Å². The molecule has 3 aromatic rings. The molecule has 0 radical (unpaired) electrons. The Labute approximate surface area is 231 Å². The molecule has 0 bridgehead atoms. The fourth-order valence-corrected chi connectivity index (χ4v) is 5.09. The third-order valence-corrected chi connectivity index (χ3v) is 7.34. The van der Waals surface area contributed by atoms with Crippen molar-refractivity contribution < 1.29 is 33.8 Å². The van der Waals surface area contributed by atoms with Gasteiger partial charge in [-0.2, -0.15) is 0 Å². The van der Waals surface area contributed by atoms with E-state index in [4.69, 9.17) is 14.6 Å². The van der Waals surface area contributed by atoms with E-state index in [1.807, 2.05) is 66.7 Å². The fourth-order valence-electron chi connectivity index (χ4n) is 5.09. The van der Waals surface area contributed by atoms with Crippen LogP contribution >= 0.6 is 0 Å². The number of amides is 2. The van der Waals surface area contributed by atoms with Crippen LogP contribution in [-0.2, 0) is 30.5 Å². The zero-order valence-corrected chi connectivity index (χ0v) is 21.7. The Balaban J connectivity index is 1.20. The molecule has 3 atom stereocenters. The van der Waals surface area contributed by atoms with Gasteiger partial charge < -0.3 is 25.2 Å². The number of hydrogen-bond acceptors (Lipinski definition) is 6. The van der Waals surface area contributed by atoms with Crippen molar-refractivity contribution in [3.05, 3.63) is 95.6 Å². The Morgan fingerprint density at radius 1 is 0.850 bits per heavy atom. The van der Waals surface area contributed by atoms with E-state index >= 15 is 0 Å². The maximum atomic E-state index is 12.9. The van der Waals surface area contributed by atoms with Crippen LogP contribution < -0.4 is 10.6 Å². The van der Waals surface area contributed by atoms with Gasteiger partial charge in [0.2, 0.25) is 5.91 Å². The maximum absolute atomic E-state index is 12.9. The van der Waals surface area contributed by atoms with E-state index in [-0.39, 0.29) is 31.6 Å². The van der Waals surface area contributed by atoms with Gasteiger partial charge in [-0.15, -0.1) is 0 Å². The molecule has 2 aliphatic rings. The standard InChI is InChI=1S/C31H30N2O7/c34-28(39-17-19-8-2-1-3-9-19)15-27(29(35)32-16-20-14-25(20)30(36)37)33-31(38)40-18-26-23-12-6-4-10-21(23)22-11-5-7-13-24(22)26/h1-13,20,25-27H,14-18H2,(H,32,35)(H,33,38)(H,36,37)/t20-,25-,27-/m0/s1. The Kier molecular flexibility index (Phi) is 8.10. The molecule has 3 aromatic carbocycles. The lowest BCUT2D eigenvalue weighted by atomic mass is 9.98. The molecule has 9 nitrogen and oxygen atoms in total. The summed E-state index contributed by atoms with van der Waals surface area (Å²) in [6, 6.07) is 23.7. The predicted molar refractivity (Wildman–Crippen MR) is 145 cm³/mol. The third-order valence-electron chi connectivity index (χ3n) is 7.34. The number of esters is 1. The van der Waals surface area contributed by atoms with Crippen molar-refractivity contribution in [1.82, 2.24) is 10.6 Å². The van der Waals surface area contributed by atoms with Gasteiger partial charge in [0, 0.05) is 12.5 Å². The third kappa shape index (κ3) is 6.31. The largest absolute Gasteiger partial charge is 0.481 e. The van der Waals surface area contributed by atoms with Gasteiger partial charge in [-0.3, -0.25) is 14.4 Å².